The quantitative estimate of drug-likeness (QED) is 0.521. The minimum absolute atomic E-state index is 0.0853. The van der Waals surface area contributed by atoms with Gasteiger partial charge in [-0.05, 0) is 48.7 Å². The second-order valence-corrected chi connectivity index (χ2v) is 5.24. The van der Waals surface area contributed by atoms with E-state index in [0.717, 1.165) is 12.8 Å². The van der Waals surface area contributed by atoms with Crippen molar-refractivity contribution in [3.8, 4) is 11.3 Å². The Morgan fingerprint density at radius 1 is 1.35 bits per heavy atom. The zero-order valence-electron chi connectivity index (χ0n) is 12.1. The Morgan fingerprint density at radius 3 is 2.83 bits per heavy atom. The Bertz CT molecular complexity index is 781. The van der Waals surface area contributed by atoms with Crippen molar-refractivity contribution in [3.63, 3.8) is 0 Å². The van der Waals surface area contributed by atoms with Gasteiger partial charge in [-0.25, -0.2) is 4.39 Å². The Balaban J connectivity index is 1.92. The van der Waals surface area contributed by atoms with Gasteiger partial charge in [-0.15, -0.1) is 0 Å². The van der Waals surface area contributed by atoms with Crippen LogP contribution in [0.5, 0.6) is 0 Å². The van der Waals surface area contributed by atoms with Gasteiger partial charge < -0.3 is 5.32 Å². The molecule has 0 unspecified atom stereocenters. The van der Waals surface area contributed by atoms with Crippen molar-refractivity contribution < 1.29 is 9.18 Å². The van der Waals surface area contributed by atoms with Gasteiger partial charge in [-0.3, -0.25) is 4.79 Å². The summed E-state index contributed by atoms with van der Waals surface area (Å²) in [6.07, 6.45) is 1.94. The molecule has 0 spiro atoms. The van der Waals surface area contributed by atoms with E-state index in [1.165, 1.54) is 18.2 Å². The van der Waals surface area contributed by atoms with Crippen molar-refractivity contribution in [2.24, 2.45) is 5.11 Å². The summed E-state index contributed by atoms with van der Waals surface area (Å²) in [6.45, 7) is 0.0853. The highest BCUT2D eigenvalue weighted by Crippen LogP contribution is 2.25. The minimum Gasteiger partial charge on any atom is -0.349 e. The fourth-order valence-electron chi connectivity index (χ4n) is 2.11. The lowest BCUT2D eigenvalue weighted by molar-refractivity contribution is 0.0951. The Morgan fingerprint density at radius 2 is 2.17 bits per heavy atom. The molecule has 8 heteroatoms. The predicted octanol–water partition coefficient (Wildman–Crippen LogP) is 2.99. The molecule has 1 amide bonds. The highest BCUT2D eigenvalue weighted by atomic mass is 19.1. The maximum atomic E-state index is 13.6. The number of hydrogen-bond acceptors (Lipinski definition) is 4. The smallest absolute Gasteiger partial charge is 0.252 e. The van der Waals surface area contributed by atoms with Crippen LogP contribution in [0.25, 0.3) is 21.7 Å². The van der Waals surface area contributed by atoms with Gasteiger partial charge >= 0.3 is 0 Å². The summed E-state index contributed by atoms with van der Waals surface area (Å²) in [7, 11) is 0. The van der Waals surface area contributed by atoms with Crippen molar-refractivity contribution in [1.29, 1.82) is 0 Å². The number of hydrogen-bond donors (Lipinski definition) is 1. The first-order valence-electron chi connectivity index (χ1n) is 7.11. The lowest BCUT2D eigenvalue weighted by atomic mass is 10.0. The highest BCUT2D eigenvalue weighted by Gasteiger charge is 2.25. The molecule has 7 nitrogen and oxygen atoms in total. The lowest BCUT2D eigenvalue weighted by Crippen LogP contribution is -2.26. The Hall–Kier alpha value is -2.99. The third kappa shape index (κ3) is 3.61. The first-order chi connectivity index (χ1) is 11.2. The van der Waals surface area contributed by atoms with Gasteiger partial charge in [-0.2, -0.15) is 10.2 Å². The average molecular weight is 312 g/mol. The molecule has 0 saturated heterocycles. The average Bonchev–Trinajstić information content (AvgIpc) is 3.37. The van der Waals surface area contributed by atoms with Crippen LogP contribution >= 0.6 is 0 Å². The van der Waals surface area contributed by atoms with Gasteiger partial charge in [0.2, 0.25) is 0 Å². The number of halogens is 1. The van der Waals surface area contributed by atoms with E-state index in [0.29, 0.717) is 22.5 Å². The van der Waals surface area contributed by atoms with Gasteiger partial charge in [0.15, 0.2) is 0 Å². The molecule has 1 aliphatic carbocycles. The predicted molar refractivity (Wildman–Crippen MR) is 80.8 cm³/mol. The molecule has 0 radical (unpaired) electrons. The molecule has 1 aliphatic rings. The summed E-state index contributed by atoms with van der Waals surface area (Å²) in [5.74, 6) is -0.703. The van der Waals surface area contributed by atoms with E-state index in [1.54, 1.807) is 12.1 Å². The molecule has 3 rings (SSSR count). The standard InChI is InChI=1S/C15H13FN6O/c16-9-1-5-12(15(23)19-10-2-3-10)13(7-9)14-6-4-11(20-21-14)8-18-22-17/h1,4-7,10H,2-3,8H2,(H,19,23). The number of benzene rings is 1. The van der Waals surface area contributed by atoms with Crippen LogP contribution in [0.1, 0.15) is 28.9 Å². The van der Waals surface area contributed by atoms with Gasteiger partial charge in [0.1, 0.15) is 5.82 Å². The van der Waals surface area contributed by atoms with Crippen molar-refractivity contribution in [3.05, 3.63) is 57.8 Å². The van der Waals surface area contributed by atoms with Gasteiger partial charge in [-0.1, -0.05) is 5.11 Å². The summed E-state index contributed by atoms with van der Waals surface area (Å²) in [5, 5.41) is 14.2. The number of nitrogens with one attached hydrogen (secondary N) is 1. The first-order valence-corrected chi connectivity index (χ1v) is 7.11. The second-order valence-electron chi connectivity index (χ2n) is 5.24. The summed E-state index contributed by atoms with van der Waals surface area (Å²) >= 11 is 0. The van der Waals surface area contributed by atoms with Gasteiger partial charge in [0, 0.05) is 22.1 Å². The highest BCUT2D eigenvalue weighted by molar-refractivity contribution is 6.00. The van der Waals surface area contributed by atoms with E-state index >= 15 is 0 Å². The van der Waals surface area contributed by atoms with E-state index in [2.05, 4.69) is 25.5 Å². The van der Waals surface area contributed by atoms with Crippen LogP contribution in [0.3, 0.4) is 0 Å². The largest absolute Gasteiger partial charge is 0.349 e. The van der Waals surface area contributed by atoms with Crippen LogP contribution in [0.2, 0.25) is 0 Å². The molecule has 0 atom stereocenters. The topological polar surface area (TPSA) is 104 Å². The van der Waals surface area contributed by atoms with E-state index in [-0.39, 0.29) is 18.5 Å². The molecule has 1 saturated carbocycles. The molecule has 1 heterocycles. The number of aromatic nitrogens is 2. The Labute approximate surface area is 131 Å². The molecule has 2 aromatic rings. The third-order valence-corrected chi connectivity index (χ3v) is 3.43. The van der Waals surface area contributed by atoms with Gasteiger partial charge in [0.05, 0.1) is 17.9 Å². The maximum Gasteiger partial charge on any atom is 0.252 e. The van der Waals surface area contributed by atoms with Crippen molar-refractivity contribution in [2.75, 3.05) is 0 Å². The molecule has 1 aromatic carbocycles. The van der Waals surface area contributed by atoms with Crippen molar-refractivity contribution >= 4 is 5.91 Å². The van der Waals surface area contributed by atoms with Crippen LogP contribution in [0, 0.1) is 5.82 Å². The van der Waals surface area contributed by atoms with E-state index < -0.39 is 5.82 Å². The molecule has 116 valence electrons. The molecule has 1 fully saturated rings. The fourth-order valence-corrected chi connectivity index (χ4v) is 2.11. The summed E-state index contributed by atoms with van der Waals surface area (Å²) in [6, 6.07) is 7.41. The fraction of sp³-hybridized carbons (Fsp3) is 0.267. The van der Waals surface area contributed by atoms with Gasteiger partial charge in [0.25, 0.3) is 5.91 Å². The monoisotopic (exact) mass is 312 g/mol. The molecular weight excluding hydrogens is 299 g/mol. The maximum absolute atomic E-state index is 13.6. The van der Waals surface area contributed by atoms with Crippen LogP contribution in [-0.2, 0) is 6.54 Å². The number of carbonyl (C=O) groups excluding carboxylic acids is 1. The van der Waals surface area contributed by atoms with Crippen LogP contribution in [0.4, 0.5) is 4.39 Å². The zero-order valence-corrected chi connectivity index (χ0v) is 12.1. The number of carbonyl (C=O) groups is 1. The molecule has 0 bridgehead atoms. The summed E-state index contributed by atoms with van der Waals surface area (Å²) in [5.41, 5.74) is 9.90. The van der Waals surface area contributed by atoms with Crippen LogP contribution in [-0.4, -0.2) is 22.1 Å². The van der Waals surface area contributed by atoms with Crippen LogP contribution < -0.4 is 5.32 Å². The van der Waals surface area contributed by atoms with Crippen LogP contribution in [0.15, 0.2) is 35.4 Å². The SMILES string of the molecule is [N-]=[N+]=NCc1ccc(-c2cc(F)ccc2C(=O)NC2CC2)nn1. The molecular formula is C15H13FN6O. The zero-order chi connectivity index (χ0) is 16.2. The number of azide groups is 1. The van der Waals surface area contributed by atoms with E-state index in [9.17, 15) is 9.18 Å². The minimum atomic E-state index is -0.456. The normalized spacial score (nSPS) is 13.3. The van der Waals surface area contributed by atoms with Crippen molar-refractivity contribution in [2.45, 2.75) is 25.4 Å². The Kier molecular flexibility index (Phi) is 4.16. The number of nitrogens with zero attached hydrogens (tertiary/aromatic N) is 5. The number of amides is 1. The summed E-state index contributed by atoms with van der Waals surface area (Å²) in [4.78, 5) is 14.9. The first kappa shape index (κ1) is 14.9. The lowest BCUT2D eigenvalue weighted by Gasteiger charge is -2.09. The third-order valence-electron chi connectivity index (χ3n) is 3.43. The van der Waals surface area contributed by atoms with Crippen molar-refractivity contribution in [1.82, 2.24) is 15.5 Å². The van der Waals surface area contributed by atoms with E-state index in [1.807, 2.05) is 0 Å². The number of rotatable bonds is 5. The second kappa shape index (κ2) is 6.41. The molecule has 0 aliphatic heterocycles. The van der Waals surface area contributed by atoms with E-state index in [4.69, 9.17) is 5.53 Å². The molecule has 23 heavy (non-hydrogen) atoms. The molecule has 1 N–H and O–H groups in total. The molecule has 1 aromatic heterocycles. The summed E-state index contributed by atoms with van der Waals surface area (Å²) < 4.78 is 13.6.